The molecular formula is C14H13BCl2O4. The molecule has 0 aromatic heterocycles. The smallest absolute Gasteiger partial charge is 0.488 e. The molecule has 2 rings (SSSR count). The maximum absolute atomic E-state index is 9.07. The van der Waals surface area contributed by atoms with Crippen LogP contribution in [0.4, 0.5) is 0 Å². The predicted octanol–water partition coefficient (Wildman–Crippen LogP) is 2.13. The number of rotatable bonds is 6. The standard InChI is InChI=1S/C14H13BCl2O4/c16-11-4-5-13(17)14(9-11)21-7-6-20-12-3-1-2-10(8-12)15(18)19/h1-5,8-9,18-19H,6-7H2. The van der Waals surface area contributed by atoms with E-state index in [1.165, 1.54) is 0 Å². The maximum Gasteiger partial charge on any atom is 0.488 e. The summed E-state index contributed by atoms with van der Waals surface area (Å²) in [5, 5.41) is 19.2. The third-order valence-electron chi connectivity index (χ3n) is 2.66. The number of hydrogen-bond acceptors (Lipinski definition) is 4. The molecule has 0 saturated heterocycles. The molecule has 2 N–H and O–H groups in total. The number of hydrogen-bond donors (Lipinski definition) is 2. The molecule has 0 saturated carbocycles. The lowest BCUT2D eigenvalue weighted by Gasteiger charge is -2.10. The highest BCUT2D eigenvalue weighted by Gasteiger charge is 2.11. The summed E-state index contributed by atoms with van der Waals surface area (Å²) in [5.41, 5.74) is 0.367. The molecule has 0 heterocycles. The Hall–Kier alpha value is -1.40. The molecule has 0 radical (unpaired) electrons. The summed E-state index contributed by atoms with van der Waals surface area (Å²) < 4.78 is 10.9. The molecule has 0 spiro atoms. The van der Waals surface area contributed by atoms with Gasteiger partial charge in [-0.1, -0.05) is 35.3 Å². The van der Waals surface area contributed by atoms with Gasteiger partial charge in [-0.25, -0.2) is 0 Å². The van der Waals surface area contributed by atoms with E-state index in [9.17, 15) is 0 Å². The Kier molecular flexibility index (Phi) is 5.76. The first-order chi connectivity index (χ1) is 10.1. The Morgan fingerprint density at radius 2 is 1.71 bits per heavy atom. The topological polar surface area (TPSA) is 58.9 Å². The first-order valence-corrected chi connectivity index (χ1v) is 6.98. The van der Waals surface area contributed by atoms with Gasteiger partial charge < -0.3 is 19.5 Å². The molecule has 0 amide bonds. The van der Waals surface area contributed by atoms with Crippen molar-refractivity contribution in [3.63, 3.8) is 0 Å². The predicted molar refractivity (Wildman–Crippen MR) is 83.7 cm³/mol. The van der Waals surface area contributed by atoms with Gasteiger partial charge in [0.25, 0.3) is 0 Å². The Labute approximate surface area is 133 Å². The molecule has 7 heteroatoms. The van der Waals surface area contributed by atoms with E-state index in [4.69, 9.17) is 42.7 Å². The summed E-state index contributed by atoms with van der Waals surface area (Å²) in [4.78, 5) is 0. The SMILES string of the molecule is OB(O)c1cccc(OCCOc2cc(Cl)ccc2Cl)c1. The van der Waals surface area contributed by atoms with Gasteiger partial charge in [0.05, 0.1) is 5.02 Å². The monoisotopic (exact) mass is 326 g/mol. The normalized spacial score (nSPS) is 10.3. The van der Waals surface area contributed by atoms with Gasteiger partial charge in [-0.3, -0.25) is 0 Å². The van der Waals surface area contributed by atoms with Crippen LogP contribution in [0.25, 0.3) is 0 Å². The number of ether oxygens (including phenoxy) is 2. The molecular weight excluding hydrogens is 314 g/mol. The van der Waals surface area contributed by atoms with Crippen LogP contribution >= 0.6 is 23.2 Å². The van der Waals surface area contributed by atoms with Gasteiger partial charge in [0.15, 0.2) is 0 Å². The molecule has 0 fully saturated rings. The lowest BCUT2D eigenvalue weighted by Crippen LogP contribution is -2.29. The molecule has 2 aromatic rings. The van der Waals surface area contributed by atoms with E-state index in [1.54, 1.807) is 42.5 Å². The van der Waals surface area contributed by atoms with Crippen molar-refractivity contribution in [1.29, 1.82) is 0 Å². The minimum Gasteiger partial charge on any atom is -0.490 e. The van der Waals surface area contributed by atoms with Gasteiger partial charge >= 0.3 is 7.12 Å². The summed E-state index contributed by atoms with van der Waals surface area (Å²) in [5.74, 6) is 1.02. The van der Waals surface area contributed by atoms with Gasteiger partial charge in [0.1, 0.15) is 24.7 Å². The lowest BCUT2D eigenvalue weighted by molar-refractivity contribution is 0.217. The summed E-state index contributed by atoms with van der Waals surface area (Å²) in [6.45, 7) is 0.569. The molecule has 21 heavy (non-hydrogen) atoms. The van der Waals surface area contributed by atoms with E-state index in [2.05, 4.69) is 0 Å². The van der Waals surface area contributed by atoms with Crippen LogP contribution in [-0.2, 0) is 0 Å². The number of benzene rings is 2. The Morgan fingerprint density at radius 1 is 0.952 bits per heavy atom. The van der Waals surface area contributed by atoms with Gasteiger partial charge in [-0.2, -0.15) is 0 Å². The van der Waals surface area contributed by atoms with Crippen LogP contribution in [0.15, 0.2) is 42.5 Å². The van der Waals surface area contributed by atoms with Crippen LogP contribution in [0.1, 0.15) is 0 Å². The molecule has 0 unspecified atom stereocenters. The molecule has 4 nitrogen and oxygen atoms in total. The molecule has 0 atom stereocenters. The van der Waals surface area contributed by atoms with Gasteiger partial charge in [0.2, 0.25) is 0 Å². The third kappa shape index (κ3) is 4.83. The highest BCUT2D eigenvalue weighted by atomic mass is 35.5. The first kappa shape index (κ1) is 16.0. The summed E-state index contributed by atoms with van der Waals surface area (Å²) in [7, 11) is -1.52. The van der Waals surface area contributed by atoms with E-state index >= 15 is 0 Å². The van der Waals surface area contributed by atoms with Crippen molar-refractivity contribution in [2.45, 2.75) is 0 Å². The van der Waals surface area contributed by atoms with E-state index in [0.717, 1.165) is 0 Å². The van der Waals surface area contributed by atoms with Crippen LogP contribution < -0.4 is 14.9 Å². The highest BCUT2D eigenvalue weighted by Crippen LogP contribution is 2.27. The lowest BCUT2D eigenvalue weighted by atomic mass is 9.80. The maximum atomic E-state index is 9.07. The van der Waals surface area contributed by atoms with Crippen molar-refractivity contribution in [3.8, 4) is 11.5 Å². The molecule has 0 bridgehead atoms. The van der Waals surface area contributed by atoms with Crippen LogP contribution in [0.5, 0.6) is 11.5 Å². The van der Waals surface area contributed by atoms with Gasteiger partial charge in [0, 0.05) is 11.1 Å². The largest absolute Gasteiger partial charge is 0.490 e. The van der Waals surface area contributed by atoms with E-state index in [1.807, 2.05) is 0 Å². The van der Waals surface area contributed by atoms with Crippen molar-refractivity contribution < 1.29 is 19.5 Å². The van der Waals surface area contributed by atoms with Gasteiger partial charge in [-0.15, -0.1) is 0 Å². The summed E-state index contributed by atoms with van der Waals surface area (Å²) in [6.07, 6.45) is 0. The second-order valence-corrected chi connectivity index (χ2v) is 5.06. The molecule has 0 aliphatic rings. The van der Waals surface area contributed by atoms with Gasteiger partial charge in [-0.05, 0) is 29.7 Å². The second-order valence-electron chi connectivity index (χ2n) is 4.22. The zero-order valence-electron chi connectivity index (χ0n) is 11.0. The summed E-state index contributed by atoms with van der Waals surface area (Å²) >= 11 is 11.8. The van der Waals surface area contributed by atoms with Crippen LogP contribution in [0.2, 0.25) is 10.0 Å². The molecule has 110 valence electrons. The fourth-order valence-corrected chi connectivity index (χ4v) is 2.00. The molecule has 0 aliphatic heterocycles. The molecule has 2 aromatic carbocycles. The van der Waals surface area contributed by atoms with Crippen molar-refractivity contribution in [1.82, 2.24) is 0 Å². The van der Waals surface area contributed by atoms with Crippen molar-refractivity contribution in [2.24, 2.45) is 0 Å². The average molecular weight is 327 g/mol. The van der Waals surface area contributed by atoms with Crippen LogP contribution in [0.3, 0.4) is 0 Å². The van der Waals surface area contributed by atoms with Crippen molar-refractivity contribution in [3.05, 3.63) is 52.5 Å². The zero-order valence-corrected chi connectivity index (χ0v) is 12.5. The summed E-state index contributed by atoms with van der Waals surface area (Å²) in [6, 6.07) is 11.5. The average Bonchev–Trinajstić information content (AvgIpc) is 2.47. The van der Waals surface area contributed by atoms with Crippen LogP contribution in [-0.4, -0.2) is 30.4 Å². The minimum atomic E-state index is -1.52. The minimum absolute atomic E-state index is 0.284. The van der Waals surface area contributed by atoms with Crippen LogP contribution in [0, 0.1) is 0 Å². The Bertz CT molecular complexity index is 607. The van der Waals surface area contributed by atoms with E-state index in [0.29, 0.717) is 27.0 Å². The second kappa shape index (κ2) is 7.57. The van der Waals surface area contributed by atoms with E-state index in [-0.39, 0.29) is 13.2 Å². The Balaban J connectivity index is 1.84. The van der Waals surface area contributed by atoms with Crippen molar-refractivity contribution >= 4 is 35.8 Å². The first-order valence-electron chi connectivity index (χ1n) is 6.23. The highest BCUT2D eigenvalue weighted by molar-refractivity contribution is 6.58. The van der Waals surface area contributed by atoms with E-state index < -0.39 is 7.12 Å². The number of halogens is 2. The zero-order chi connectivity index (χ0) is 15.2. The fourth-order valence-electron chi connectivity index (χ4n) is 1.66. The fraction of sp³-hybridized carbons (Fsp3) is 0.143. The third-order valence-corrected chi connectivity index (χ3v) is 3.21. The quantitative estimate of drug-likeness (QED) is 0.630. The molecule has 0 aliphatic carbocycles. The Morgan fingerprint density at radius 3 is 2.48 bits per heavy atom. The van der Waals surface area contributed by atoms with Crippen molar-refractivity contribution in [2.75, 3.05) is 13.2 Å².